The lowest BCUT2D eigenvalue weighted by Gasteiger charge is -2.27. The van der Waals surface area contributed by atoms with Crippen molar-refractivity contribution >= 4 is 11.7 Å². The van der Waals surface area contributed by atoms with Crippen LogP contribution >= 0.6 is 0 Å². The van der Waals surface area contributed by atoms with Gasteiger partial charge < -0.3 is 20.1 Å². The number of amides is 2. The van der Waals surface area contributed by atoms with Gasteiger partial charge in [-0.2, -0.15) is 0 Å². The molecule has 2 N–H and O–H groups in total. The van der Waals surface area contributed by atoms with Crippen molar-refractivity contribution in [3.05, 3.63) is 48.7 Å². The summed E-state index contributed by atoms with van der Waals surface area (Å²) in [6, 6.07) is 13.0. The molecule has 7 heteroatoms. The molecule has 27 heavy (non-hydrogen) atoms. The average molecular weight is 368 g/mol. The number of nitrogens with zero attached hydrogens (tertiary/aromatic N) is 2. The molecule has 0 saturated carbocycles. The van der Waals surface area contributed by atoms with Crippen molar-refractivity contribution in [2.24, 2.45) is 0 Å². The Bertz CT molecular complexity index is 748. The van der Waals surface area contributed by atoms with Gasteiger partial charge in [0.15, 0.2) is 0 Å². The van der Waals surface area contributed by atoms with E-state index < -0.39 is 0 Å². The standard InChI is InChI=1S/C20H24N4O3/c25-20(23-17-13-26-14-18(17)24-10-4-5-11-24)22-15-8-9-19(21-12-15)27-16-6-2-1-3-7-16/h1-3,6-9,12,17-18H,4-5,10-11,13-14H2,(H2,22,23,25)/t17-,18-/m0/s1. The van der Waals surface area contributed by atoms with E-state index in [1.807, 2.05) is 30.3 Å². The minimum atomic E-state index is -0.242. The Balaban J connectivity index is 1.30. The van der Waals surface area contributed by atoms with Gasteiger partial charge in [0.2, 0.25) is 5.88 Å². The number of pyridine rings is 1. The molecule has 2 fully saturated rings. The van der Waals surface area contributed by atoms with Gasteiger partial charge in [-0.3, -0.25) is 4.90 Å². The number of para-hydroxylation sites is 1. The van der Waals surface area contributed by atoms with Crippen LogP contribution in [0.5, 0.6) is 11.6 Å². The molecule has 4 rings (SSSR count). The summed E-state index contributed by atoms with van der Waals surface area (Å²) < 4.78 is 11.2. The van der Waals surface area contributed by atoms with Gasteiger partial charge in [-0.1, -0.05) is 18.2 Å². The lowest BCUT2D eigenvalue weighted by atomic mass is 10.1. The van der Waals surface area contributed by atoms with Gasteiger partial charge in [-0.05, 0) is 44.1 Å². The third-order valence-electron chi connectivity index (χ3n) is 4.94. The van der Waals surface area contributed by atoms with Crippen molar-refractivity contribution < 1.29 is 14.3 Å². The monoisotopic (exact) mass is 368 g/mol. The van der Waals surface area contributed by atoms with E-state index in [0.29, 0.717) is 24.8 Å². The maximum Gasteiger partial charge on any atom is 0.319 e. The molecule has 2 saturated heterocycles. The van der Waals surface area contributed by atoms with Gasteiger partial charge in [0.05, 0.1) is 37.2 Å². The van der Waals surface area contributed by atoms with Crippen LogP contribution < -0.4 is 15.4 Å². The van der Waals surface area contributed by atoms with Crippen LogP contribution in [0.4, 0.5) is 10.5 Å². The summed E-state index contributed by atoms with van der Waals surface area (Å²) in [6.07, 6.45) is 4.03. The number of carbonyl (C=O) groups is 1. The molecular formula is C20H24N4O3. The zero-order valence-electron chi connectivity index (χ0n) is 15.1. The van der Waals surface area contributed by atoms with Crippen LogP contribution in [0.25, 0.3) is 0 Å². The summed E-state index contributed by atoms with van der Waals surface area (Å²) in [4.78, 5) is 19.0. The molecule has 2 atom stereocenters. The predicted octanol–water partition coefficient (Wildman–Crippen LogP) is 2.86. The fraction of sp³-hybridized carbons (Fsp3) is 0.400. The van der Waals surface area contributed by atoms with Crippen LogP contribution in [0.3, 0.4) is 0 Å². The first-order valence-electron chi connectivity index (χ1n) is 9.36. The van der Waals surface area contributed by atoms with Gasteiger partial charge in [0.25, 0.3) is 0 Å². The van der Waals surface area contributed by atoms with Crippen molar-refractivity contribution in [3.8, 4) is 11.6 Å². The Morgan fingerprint density at radius 1 is 1.11 bits per heavy atom. The highest BCUT2D eigenvalue weighted by molar-refractivity contribution is 5.89. The topological polar surface area (TPSA) is 75.7 Å². The largest absolute Gasteiger partial charge is 0.439 e. The molecule has 0 unspecified atom stereocenters. The van der Waals surface area contributed by atoms with Crippen molar-refractivity contribution in [3.63, 3.8) is 0 Å². The Morgan fingerprint density at radius 2 is 1.93 bits per heavy atom. The molecular weight excluding hydrogens is 344 g/mol. The number of likely N-dealkylation sites (tertiary alicyclic amines) is 1. The van der Waals surface area contributed by atoms with Gasteiger partial charge in [-0.25, -0.2) is 9.78 Å². The van der Waals surface area contributed by atoms with Crippen LogP contribution in [0.2, 0.25) is 0 Å². The maximum absolute atomic E-state index is 12.3. The van der Waals surface area contributed by atoms with E-state index >= 15 is 0 Å². The van der Waals surface area contributed by atoms with Crippen LogP contribution in [0.1, 0.15) is 12.8 Å². The number of anilines is 1. The molecule has 2 amide bonds. The third-order valence-corrected chi connectivity index (χ3v) is 4.94. The second-order valence-corrected chi connectivity index (χ2v) is 6.85. The van der Waals surface area contributed by atoms with Crippen LogP contribution in [-0.2, 0) is 4.74 Å². The Kier molecular flexibility index (Phi) is 5.50. The van der Waals surface area contributed by atoms with E-state index in [0.717, 1.165) is 18.8 Å². The molecule has 3 heterocycles. The van der Waals surface area contributed by atoms with E-state index in [-0.39, 0.29) is 18.1 Å². The zero-order valence-corrected chi connectivity index (χ0v) is 15.1. The van der Waals surface area contributed by atoms with Crippen molar-refractivity contribution in [2.45, 2.75) is 24.9 Å². The minimum Gasteiger partial charge on any atom is -0.439 e. The summed E-state index contributed by atoms with van der Waals surface area (Å²) in [5, 5.41) is 5.86. The number of nitrogens with one attached hydrogen (secondary N) is 2. The second kappa shape index (κ2) is 8.37. The molecule has 0 spiro atoms. The number of ether oxygens (including phenoxy) is 2. The van der Waals surface area contributed by atoms with Gasteiger partial charge in [0.1, 0.15) is 5.75 Å². The predicted molar refractivity (Wildman–Crippen MR) is 102 cm³/mol. The van der Waals surface area contributed by atoms with Crippen LogP contribution in [-0.4, -0.2) is 54.3 Å². The molecule has 0 radical (unpaired) electrons. The fourth-order valence-electron chi connectivity index (χ4n) is 3.57. The minimum absolute atomic E-state index is 0.0109. The number of urea groups is 1. The van der Waals surface area contributed by atoms with Crippen molar-refractivity contribution in [2.75, 3.05) is 31.6 Å². The first kappa shape index (κ1) is 17.8. The van der Waals surface area contributed by atoms with Crippen LogP contribution in [0.15, 0.2) is 48.7 Å². The number of aromatic nitrogens is 1. The summed E-state index contributed by atoms with van der Waals surface area (Å²) in [5.74, 6) is 1.20. The summed E-state index contributed by atoms with van der Waals surface area (Å²) in [5.41, 5.74) is 0.615. The van der Waals surface area contributed by atoms with Crippen LogP contribution in [0, 0.1) is 0 Å². The Hall–Kier alpha value is -2.64. The molecule has 2 aliphatic rings. The molecule has 1 aromatic carbocycles. The van der Waals surface area contributed by atoms with E-state index in [1.165, 1.54) is 12.8 Å². The average Bonchev–Trinajstić information content (AvgIpc) is 3.36. The summed E-state index contributed by atoms with van der Waals surface area (Å²) in [6.45, 7) is 3.40. The SMILES string of the molecule is O=C(Nc1ccc(Oc2ccccc2)nc1)N[C@H]1COC[C@@H]1N1CCCC1. The summed E-state index contributed by atoms with van der Waals surface area (Å²) in [7, 11) is 0. The maximum atomic E-state index is 12.3. The number of hydrogen-bond acceptors (Lipinski definition) is 5. The molecule has 142 valence electrons. The molecule has 2 aliphatic heterocycles. The van der Waals surface area contributed by atoms with Crippen molar-refractivity contribution in [1.82, 2.24) is 15.2 Å². The summed E-state index contributed by atoms with van der Waals surface area (Å²) >= 11 is 0. The molecule has 0 aliphatic carbocycles. The highest BCUT2D eigenvalue weighted by Crippen LogP contribution is 2.21. The van der Waals surface area contributed by atoms with Gasteiger partial charge >= 0.3 is 6.03 Å². The zero-order chi connectivity index (χ0) is 18.5. The van der Waals surface area contributed by atoms with Gasteiger partial charge in [0, 0.05) is 6.07 Å². The quantitative estimate of drug-likeness (QED) is 0.849. The Morgan fingerprint density at radius 3 is 2.67 bits per heavy atom. The first-order chi connectivity index (χ1) is 13.3. The number of hydrogen-bond donors (Lipinski definition) is 2. The lowest BCUT2D eigenvalue weighted by molar-refractivity contribution is 0.159. The Labute approximate surface area is 158 Å². The molecule has 1 aromatic heterocycles. The normalized spacial score (nSPS) is 22.5. The number of rotatable bonds is 5. The van der Waals surface area contributed by atoms with E-state index in [1.54, 1.807) is 18.3 Å². The fourth-order valence-corrected chi connectivity index (χ4v) is 3.57. The smallest absolute Gasteiger partial charge is 0.319 e. The second-order valence-electron chi connectivity index (χ2n) is 6.85. The van der Waals surface area contributed by atoms with Gasteiger partial charge in [-0.15, -0.1) is 0 Å². The number of carbonyl (C=O) groups excluding carboxylic acids is 1. The third kappa shape index (κ3) is 4.56. The molecule has 0 bridgehead atoms. The highest BCUT2D eigenvalue weighted by Gasteiger charge is 2.35. The highest BCUT2D eigenvalue weighted by atomic mass is 16.5. The molecule has 7 nitrogen and oxygen atoms in total. The van der Waals surface area contributed by atoms with Crippen molar-refractivity contribution in [1.29, 1.82) is 0 Å². The number of benzene rings is 1. The lowest BCUT2D eigenvalue weighted by Crippen LogP contribution is -2.51. The first-order valence-corrected chi connectivity index (χ1v) is 9.36. The van der Waals surface area contributed by atoms with E-state index in [2.05, 4.69) is 20.5 Å². The molecule has 2 aromatic rings. The van der Waals surface area contributed by atoms with E-state index in [9.17, 15) is 4.79 Å². The van der Waals surface area contributed by atoms with E-state index in [4.69, 9.17) is 9.47 Å².